The lowest BCUT2D eigenvalue weighted by molar-refractivity contribution is -0.122. The van der Waals surface area contributed by atoms with Crippen molar-refractivity contribution in [2.75, 3.05) is 13.7 Å². The zero-order valence-corrected chi connectivity index (χ0v) is 18.9. The van der Waals surface area contributed by atoms with Crippen molar-refractivity contribution in [3.63, 3.8) is 0 Å². The average Bonchev–Trinajstić information content (AvgIpc) is 3.53. The summed E-state index contributed by atoms with van der Waals surface area (Å²) in [6.07, 6.45) is 3.56. The largest absolute Gasteiger partial charge is 0.383 e. The molecule has 0 aliphatic heterocycles. The van der Waals surface area contributed by atoms with Gasteiger partial charge in [0.1, 0.15) is 6.54 Å². The number of nitrogens with one attached hydrogen (secondary N) is 3. The van der Waals surface area contributed by atoms with Gasteiger partial charge in [0.25, 0.3) is 11.5 Å². The lowest BCUT2D eigenvalue weighted by Gasteiger charge is -2.14. The van der Waals surface area contributed by atoms with Gasteiger partial charge in [0.15, 0.2) is 16.3 Å². The molecule has 1 aliphatic carbocycles. The molecule has 0 atom stereocenters. The van der Waals surface area contributed by atoms with Crippen LogP contribution in [0.15, 0.2) is 46.2 Å². The van der Waals surface area contributed by atoms with Gasteiger partial charge >= 0.3 is 5.69 Å². The third-order valence-electron chi connectivity index (χ3n) is 5.23. The zero-order valence-electron chi connectivity index (χ0n) is 18.1. The van der Waals surface area contributed by atoms with Gasteiger partial charge in [-0.25, -0.2) is 14.3 Å². The van der Waals surface area contributed by atoms with Gasteiger partial charge < -0.3 is 14.6 Å². The number of amides is 1. The van der Waals surface area contributed by atoms with Crippen molar-refractivity contribution in [3.05, 3.63) is 63.1 Å². The minimum Gasteiger partial charge on any atom is -0.383 e. The monoisotopic (exact) mass is 471 g/mol. The Balaban J connectivity index is 1.66. The van der Waals surface area contributed by atoms with Crippen molar-refractivity contribution < 1.29 is 9.53 Å². The van der Waals surface area contributed by atoms with Crippen LogP contribution in [0.3, 0.4) is 0 Å². The highest BCUT2D eigenvalue weighted by atomic mass is 32.1. The molecule has 1 amide bonds. The molecule has 11 nitrogen and oxygen atoms in total. The van der Waals surface area contributed by atoms with Crippen LogP contribution in [0.5, 0.6) is 0 Å². The summed E-state index contributed by atoms with van der Waals surface area (Å²) in [5, 5.41) is 3.31. The highest BCUT2D eigenvalue weighted by Gasteiger charge is 2.22. The van der Waals surface area contributed by atoms with Gasteiger partial charge in [0.05, 0.1) is 19.5 Å². The van der Waals surface area contributed by atoms with Crippen molar-refractivity contribution in [2.24, 2.45) is 0 Å². The summed E-state index contributed by atoms with van der Waals surface area (Å²) < 4.78 is 9.05. The second kappa shape index (κ2) is 9.96. The molecule has 174 valence electrons. The number of carbonyl (C=O) groups is 1. The highest BCUT2D eigenvalue weighted by molar-refractivity contribution is 7.80. The van der Waals surface area contributed by atoms with Gasteiger partial charge in [-0.15, -0.1) is 0 Å². The van der Waals surface area contributed by atoms with Crippen LogP contribution in [0.2, 0.25) is 0 Å². The van der Waals surface area contributed by atoms with Crippen LogP contribution >= 0.6 is 12.2 Å². The Morgan fingerprint density at radius 1 is 1.18 bits per heavy atom. The van der Waals surface area contributed by atoms with E-state index in [9.17, 15) is 14.4 Å². The molecule has 33 heavy (non-hydrogen) atoms. The van der Waals surface area contributed by atoms with Crippen molar-refractivity contribution in [1.82, 2.24) is 34.9 Å². The number of aromatic nitrogens is 4. The van der Waals surface area contributed by atoms with Gasteiger partial charge in [-0.1, -0.05) is 30.3 Å². The van der Waals surface area contributed by atoms with E-state index >= 15 is 0 Å². The van der Waals surface area contributed by atoms with Crippen molar-refractivity contribution in [1.29, 1.82) is 0 Å². The van der Waals surface area contributed by atoms with E-state index in [0.717, 1.165) is 23.0 Å². The predicted octanol–water partition coefficient (Wildman–Crippen LogP) is -0.288. The van der Waals surface area contributed by atoms with E-state index in [4.69, 9.17) is 17.0 Å². The first-order valence-electron chi connectivity index (χ1n) is 10.5. The van der Waals surface area contributed by atoms with Gasteiger partial charge in [-0.3, -0.25) is 25.0 Å². The molecule has 1 saturated carbocycles. The summed E-state index contributed by atoms with van der Waals surface area (Å²) in [4.78, 5) is 43.3. The lowest BCUT2D eigenvalue weighted by Crippen LogP contribution is -2.50. The fourth-order valence-electron chi connectivity index (χ4n) is 3.40. The Kier molecular flexibility index (Phi) is 6.84. The van der Waals surface area contributed by atoms with E-state index in [1.165, 1.54) is 10.9 Å². The first-order valence-corrected chi connectivity index (χ1v) is 11.0. The number of thiocarbonyl (C=S) groups is 1. The summed E-state index contributed by atoms with van der Waals surface area (Å²) >= 11 is 5.11. The summed E-state index contributed by atoms with van der Waals surface area (Å²) in [6.45, 7) is 0.461. The molecule has 4 rings (SSSR count). The summed E-state index contributed by atoms with van der Waals surface area (Å²) in [7, 11) is 1.56. The number of hydrogen-bond donors (Lipinski definition) is 3. The Morgan fingerprint density at radius 3 is 2.64 bits per heavy atom. The fraction of sp³-hybridized carbons (Fsp3) is 0.381. The number of carbonyl (C=O) groups excluding carboxylic acids is 1. The molecule has 1 fully saturated rings. The molecule has 2 aromatic heterocycles. The normalized spacial score (nSPS) is 13.1. The van der Waals surface area contributed by atoms with Crippen LogP contribution in [0.1, 0.15) is 18.4 Å². The number of imidazole rings is 1. The molecule has 0 bridgehead atoms. The van der Waals surface area contributed by atoms with E-state index in [2.05, 4.69) is 21.2 Å². The number of nitrogens with zero attached hydrogens (tertiary/aromatic N) is 4. The quantitative estimate of drug-likeness (QED) is 0.303. The topological polar surface area (TPSA) is 124 Å². The molecule has 0 unspecified atom stereocenters. The second-order valence-electron chi connectivity index (χ2n) is 7.77. The molecular formula is C21H25N7O4S. The average molecular weight is 472 g/mol. The van der Waals surface area contributed by atoms with Gasteiger partial charge in [0, 0.05) is 19.7 Å². The molecule has 3 aromatic rings. The molecule has 2 heterocycles. The number of ether oxygens (including phenoxy) is 1. The Labute approximate surface area is 194 Å². The van der Waals surface area contributed by atoms with E-state index in [0.29, 0.717) is 19.2 Å². The number of fused-ring (bicyclic) bond motifs is 1. The van der Waals surface area contributed by atoms with Gasteiger partial charge in [0.2, 0.25) is 0 Å². The standard InChI is InChI=1S/C21H25N7O4S/c1-32-10-9-26-13-22-18-17(26)19(30)28(12-16(29)24-25-20(33)23-15-7-8-15)21(31)27(18)11-14-5-3-2-4-6-14/h2-6,13,15H,7-12H2,1H3,(H,24,29)(H2,23,25,33). The molecule has 3 N–H and O–H groups in total. The summed E-state index contributed by atoms with van der Waals surface area (Å²) in [5.74, 6) is -0.581. The Morgan fingerprint density at radius 2 is 1.94 bits per heavy atom. The highest BCUT2D eigenvalue weighted by Crippen LogP contribution is 2.18. The van der Waals surface area contributed by atoms with Crippen LogP contribution in [0.4, 0.5) is 0 Å². The van der Waals surface area contributed by atoms with E-state index < -0.39 is 23.7 Å². The van der Waals surface area contributed by atoms with E-state index in [-0.39, 0.29) is 22.8 Å². The third kappa shape index (κ3) is 5.29. The van der Waals surface area contributed by atoms with Crippen molar-refractivity contribution in [3.8, 4) is 0 Å². The number of benzene rings is 1. The minimum atomic E-state index is -0.623. The maximum atomic E-state index is 13.3. The molecule has 0 spiro atoms. The third-order valence-corrected chi connectivity index (χ3v) is 5.45. The number of hydrogen-bond acceptors (Lipinski definition) is 6. The zero-order chi connectivity index (χ0) is 23.4. The first kappa shape index (κ1) is 22.7. The SMILES string of the molecule is COCCn1cnc2c1c(=O)n(CC(=O)NNC(=S)NC1CC1)c(=O)n2Cc1ccccc1. The molecule has 1 aliphatic rings. The molecule has 0 saturated heterocycles. The maximum Gasteiger partial charge on any atom is 0.333 e. The summed E-state index contributed by atoms with van der Waals surface area (Å²) in [5.41, 5.74) is 5.17. The fourth-order valence-corrected chi connectivity index (χ4v) is 3.62. The molecular weight excluding hydrogens is 446 g/mol. The van der Waals surface area contributed by atoms with Crippen molar-refractivity contribution in [2.45, 2.75) is 38.5 Å². The van der Waals surface area contributed by atoms with Crippen LogP contribution in [0.25, 0.3) is 11.2 Å². The number of methoxy groups -OCH3 is 1. The smallest absolute Gasteiger partial charge is 0.333 e. The van der Waals surface area contributed by atoms with Crippen LogP contribution < -0.4 is 27.4 Å². The van der Waals surface area contributed by atoms with Crippen molar-refractivity contribution >= 4 is 34.4 Å². The van der Waals surface area contributed by atoms with E-state index in [1.807, 2.05) is 30.3 Å². The predicted molar refractivity (Wildman–Crippen MR) is 126 cm³/mol. The maximum absolute atomic E-state index is 13.3. The second-order valence-corrected chi connectivity index (χ2v) is 8.18. The van der Waals surface area contributed by atoms with Gasteiger partial charge in [-0.05, 0) is 30.6 Å². The number of rotatable bonds is 8. The molecule has 12 heteroatoms. The van der Waals surface area contributed by atoms with Crippen LogP contribution in [-0.2, 0) is 29.2 Å². The molecule has 1 aromatic carbocycles. The van der Waals surface area contributed by atoms with Gasteiger partial charge in [-0.2, -0.15) is 0 Å². The molecule has 0 radical (unpaired) electrons. The van der Waals surface area contributed by atoms with E-state index in [1.54, 1.807) is 11.7 Å². The number of hydrazine groups is 1. The minimum absolute atomic E-state index is 0.201. The first-order chi connectivity index (χ1) is 16.0. The van der Waals surface area contributed by atoms with Crippen LogP contribution in [0, 0.1) is 0 Å². The summed E-state index contributed by atoms with van der Waals surface area (Å²) in [6, 6.07) is 9.68. The lowest BCUT2D eigenvalue weighted by atomic mass is 10.2. The Bertz CT molecular complexity index is 1280. The Hall–Kier alpha value is -3.51. The van der Waals surface area contributed by atoms with Crippen LogP contribution in [-0.4, -0.2) is 49.5 Å².